The first-order chi connectivity index (χ1) is 13.5. The van der Waals surface area contributed by atoms with Crippen LogP contribution in [0, 0.1) is 0 Å². The normalized spacial score (nSPS) is 12.5. The maximum atomic E-state index is 12.1. The van der Waals surface area contributed by atoms with E-state index in [0.717, 1.165) is 5.56 Å². The van der Waals surface area contributed by atoms with E-state index in [9.17, 15) is 9.59 Å². The topological polar surface area (TPSA) is 79.9 Å². The number of hydrogen-bond donors (Lipinski definition) is 2. The van der Waals surface area contributed by atoms with Crippen LogP contribution >= 0.6 is 11.8 Å². The second-order valence-corrected chi connectivity index (χ2v) is 7.26. The predicted octanol–water partition coefficient (Wildman–Crippen LogP) is 2.96. The highest BCUT2D eigenvalue weighted by atomic mass is 32.2. The van der Waals surface area contributed by atoms with Crippen molar-refractivity contribution in [2.75, 3.05) is 38.4 Å². The summed E-state index contributed by atoms with van der Waals surface area (Å²) < 4.78 is 10.9. The van der Waals surface area contributed by atoms with E-state index in [-0.39, 0.29) is 12.5 Å². The van der Waals surface area contributed by atoms with Crippen LogP contribution in [0.1, 0.15) is 5.56 Å². The van der Waals surface area contributed by atoms with Gasteiger partial charge in [-0.2, -0.15) is 0 Å². The number of urea groups is 1. The molecule has 2 N–H and O–H groups in total. The molecule has 3 rings (SSSR count). The third kappa shape index (κ3) is 5.64. The molecule has 0 bridgehead atoms. The number of benzene rings is 2. The minimum absolute atomic E-state index is 0.110. The highest BCUT2D eigenvalue weighted by Crippen LogP contribution is 2.32. The van der Waals surface area contributed by atoms with Gasteiger partial charge in [0.25, 0.3) is 0 Å². The van der Waals surface area contributed by atoms with Crippen LogP contribution in [0.4, 0.5) is 10.5 Å². The SMILES string of the molecule is CSc1ccc(CN(C)CC(=O)NC(=O)Nc2ccc3c(c2)OCCO3)cc1. The van der Waals surface area contributed by atoms with Gasteiger partial charge in [-0.05, 0) is 43.1 Å². The molecule has 8 heteroatoms. The molecule has 0 saturated heterocycles. The highest BCUT2D eigenvalue weighted by molar-refractivity contribution is 7.98. The van der Waals surface area contributed by atoms with Crippen LogP contribution < -0.4 is 20.1 Å². The number of hydrogen-bond acceptors (Lipinski definition) is 6. The van der Waals surface area contributed by atoms with Crippen molar-refractivity contribution in [1.29, 1.82) is 0 Å². The van der Waals surface area contributed by atoms with Crippen molar-refractivity contribution >= 4 is 29.4 Å². The molecule has 2 aromatic carbocycles. The number of rotatable bonds is 6. The lowest BCUT2D eigenvalue weighted by molar-refractivity contribution is -0.120. The van der Waals surface area contributed by atoms with E-state index in [4.69, 9.17) is 9.47 Å². The van der Waals surface area contributed by atoms with Crippen LogP contribution in [0.5, 0.6) is 11.5 Å². The largest absolute Gasteiger partial charge is 0.486 e. The van der Waals surface area contributed by atoms with Crippen LogP contribution in [-0.2, 0) is 11.3 Å². The number of likely N-dealkylation sites (N-methyl/N-ethyl adjacent to an activating group) is 1. The van der Waals surface area contributed by atoms with Crippen LogP contribution in [0.2, 0.25) is 0 Å². The van der Waals surface area contributed by atoms with E-state index in [1.165, 1.54) is 4.90 Å². The Morgan fingerprint density at radius 1 is 1.07 bits per heavy atom. The molecule has 3 amide bonds. The van der Waals surface area contributed by atoms with Gasteiger partial charge in [-0.1, -0.05) is 12.1 Å². The van der Waals surface area contributed by atoms with E-state index >= 15 is 0 Å². The Balaban J connectivity index is 1.46. The summed E-state index contributed by atoms with van der Waals surface area (Å²) in [7, 11) is 1.83. The lowest BCUT2D eigenvalue weighted by Gasteiger charge is -2.19. The van der Waals surface area contributed by atoms with Gasteiger partial charge in [-0.3, -0.25) is 15.0 Å². The standard InChI is InChI=1S/C20H23N3O4S/c1-23(12-14-3-6-16(28-2)7-4-14)13-19(24)22-20(25)21-15-5-8-17-18(11-15)27-10-9-26-17/h3-8,11H,9-10,12-13H2,1-2H3,(H2,21,22,24,25). The van der Waals surface area contributed by atoms with E-state index < -0.39 is 6.03 Å². The quantitative estimate of drug-likeness (QED) is 0.725. The Labute approximate surface area is 168 Å². The number of imide groups is 1. The summed E-state index contributed by atoms with van der Waals surface area (Å²) in [5, 5.41) is 4.97. The number of ether oxygens (including phenoxy) is 2. The van der Waals surface area contributed by atoms with Gasteiger partial charge in [0.2, 0.25) is 5.91 Å². The molecule has 0 radical (unpaired) electrons. The molecule has 0 aromatic heterocycles. The Kier molecular flexibility index (Phi) is 6.78. The fourth-order valence-electron chi connectivity index (χ4n) is 2.79. The third-order valence-corrected chi connectivity index (χ3v) is 4.82. The summed E-state index contributed by atoms with van der Waals surface area (Å²) in [4.78, 5) is 27.2. The van der Waals surface area contributed by atoms with Gasteiger partial charge in [0, 0.05) is 23.2 Å². The Morgan fingerprint density at radius 2 is 1.79 bits per heavy atom. The zero-order valence-corrected chi connectivity index (χ0v) is 16.7. The molecule has 1 aliphatic heterocycles. The van der Waals surface area contributed by atoms with Crippen molar-refractivity contribution in [2.45, 2.75) is 11.4 Å². The van der Waals surface area contributed by atoms with E-state index in [1.807, 2.05) is 30.3 Å². The van der Waals surface area contributed by atoms with Crippen LogP contribution in [-0.4, -0.2) is 49.9 Å². The van der Waals surface area contributed by atoms with Gasteiger partial charge >= 0.3 is 6.03 Å². The zero-order valence-electron chi connectivity index (χ0n) is 15.9. The Bertz CT molecular complexity index is 842. The lowest BCUT2D eigenvalue weighted by Crippen LogP contribution is -2.40. The monoisotopic (exact) mass is 401 g/mol. The molecule has 1 heterocycles. The van der Waals surface area contributed by atoms with Crippen molar-refractivity contribution in [3.8, 4) is 11.5 Å². The van der Waals surface area contributed by atoms with Crippen LogP contribution in [0.15, 0.2) is 47.4 Å². The zero-order chi connectivity index (χ0) is 19.9. The molecule has 1 aliphatic rings. The third-order valence-electron chi connectivity index (χ3n) is 4.08. The van der Waals surface area contributed by atoms with Crippen molar-refractivity contribution in [3.63, 3.8) is 0 Å². The molecule has 0 aliphatic carbocycles. The van der Waals surface area contributed by atoms with E-state index in [2.05, 4.69) is 22.8 Å². The summed E-state index contributed by atoms with van der Waals surface area (Å²) in [5.41, 5.74) is 1.63. The Morgan fingerprint density at radius 3 is 2.50 bits per heavy atom. The van der Waals surface area contributed by atoms with E-state index in [0.29, 0.717) is 36.9 Å². The van der Waals surface area contributed by atoms with Gasteiger partial charge in [-0.25, -0.2) is 4.79 Å². The number of amides is 3. The van der Waals surface area contributed by atoms with Gasteiger partial charge in [0.15, 0.2) is 11.5 Å². The summed E-state index contributed by atoms with van der Waals surface area (Å²) in [6, 6.07) is 12.7. The number of nitrogens with zero attached hydrogens (tertiary/aromatic N) is 1. The molecular formula is C20H23N3O4S. The number of nitrogens with one attached hydrogen (secondary N) is 2. The lowest BCUT2D eigenvalue weighted by atomic mass is 10.2. The molecule has 0 unspecified atom stereocenters. The minimum Gasteiger partial charge on any atom is -0.486 e. The van der Waals surface area contributed by atoms with E-state index in [1.54, 1.807) is 30.0 Å². The number of carbonyl (C=O) groups is 2. The minimum atomic E-state index is -0.584. The average Bonchev–Trinajstić information content (AvgIpc) is 2.68. The van der Waals surface area contributed by atoms with Crippen molar-refractivity contribution in [3.05, 3.63) is 48.0 Å². The summed E-state index contributed by atoms with van der Waals surface area (Å²) in [5.74, 6) is 0.835. The molecule has 28 heavy (non-hydrogen) atoms. The molecule has 0 saturated carbocycles. The van der Waals surface area contributed by atoms with Gasteiger partial charge < -0.3 is 14.8 Å². The predicted molar refractivity (Wildman–Crippen MR) is 109 cm³/mol. The molecule has 2 aromatic rings. The van der Waals surface area contributed by atoms with Crippen LogP contribution in [0.3, 0.4) is 0 Å². The average molecular weight is 401 g/mol. The fraction of sp³-hybridized carbons (Fsp3) is 0.300. The fourth-order valence-corrected chi connectivity index (χ4v) is 3.20. The maximum Gasteiger partial charge on any atom is 0.325 e. The van der Waals surface area contributed by atoms with Crippen LogP contribution in [0.25, 0.3) is 0 Å². The van der Waals surface area contributed by atoms with Gasteiger partial charge in [0.1, 0.15) is 13.2 Å². The second-order valence-electron chi connectivity index (χ2n) is 6.38. The number of thioether (sulfide) groups is 1. The van der Waals surface area contributed by atoms with Crippen molar-refractivity contribution in [1.82, 2.24) is 10.2 Å². The molecular weight excluding hydrogens is 378 g/mol. The molecule has 7 nitrogen and oxygen atoms in total. The van der Waals surface area contributed by atoms with Gasteiger partial charge in [0.05, 0.1) is 6.54 Å². The number of fused-ring (bicyclic) bond motifs is 1. The smallest absolute Gasteiger partial charge is 0.325 e. The second kappa shape index (κ2) is 9.48. The summed E-state index contributed by atoms with van der Waals surface area (Å²) >= 11 is 1.69. The first-order valence-corrected chi connectivity index (χ1v) is 10.1. The maximum absolute atomic E-state index is 12.1. The summed E-state index contributed by atoms with van der Waals surface area (Å²) in [6.07, 6.45) is 2.03. The molecule has 0 spiro atoms. The molecule has 0 atom stereocenters. The molecule has 0 fully saturated rings. The van der Waals surface area contributed by atoms with Crippen molar-refractivity contribution in [2.24, 2.45) is 0 Å². The first-order valence-electron chi connectivity index (χ1n) is 8.85. The number of carbonyl (C=O) groups excluding carboxylic acids is 2. The number of anilines is 1. The Hall–Kier alpha value is -2.71. The molecule has 148 valence electrons. The highest BCUT2D eigenvalue weighted by Gasteiger charge is 2.14. The summed E-state index contributed by atoms with van der Waals surface area (Å²) in [6.45, 7) is 1.70. The van der Waals surface area contributed by atoms with Crippen molar-refractivity contribution < 1.29 is 19.1 Å². The first kappa shape index (κ1) is 20.0. The van der Waals surface area contributed by atoms with Gasteiger partial charge in [-0.15, -0.1) is 11.8 Å².